The number of hydrogen-bond donors (Lipinski definition) is 0. The van der Waals surface area contributed by atoms with Gasteiger partial charge in [0.05, 0.1) is 17.3 Å². The maximum Gasteiger partial charge on any atom is 0.168 e. The van der Waals surface area contributed by atoms with Gasteiger partial charge in [-0.25, -0.2) is 4.98 Å². The van der Waals surface area contributed by atoms with E-state index in [9.17, 15) is 4.79 Å². The fourth-order valence-corrected chi connectivity index (χ4v) is 1.43. The molecule has 3 heteroatoms. The Bertz CT molecular complexity index is 570. The van der Waals surface area contributed by atoms with Crippen molar-refractivity contribution in [3.8, 4) is 17.3 Å². The van der Waals surface area contributed by atoms with E-state index < -0.39 is 0 Å². The zero-order chi connectivity index (χ0) is 11.4. The van der Waals surface area contributed by atoms with Gasteiger partial charge in [-0.2, -0.15) is 5.26 Å². The third-order valence-corrected chi connectivity index (χ3v) is 2.18. The highest BCUT2D eigenvalue weighted by Crippen LogP contribution is 2.17. The molecule has 0 radical (unpaired) electrons. The fraction of sp³-hybridized carbons (Fsp3) is 0. The summed E-state index contributed by atoms with van der Waals surface area (Å²) in [5, 5.41) is 8.78. The molecule has 3 nitrogen and oxygen atoms in total. The average Bonchev–Trinajstić information content (AvgIpc) is 2.39. The third-order valence-electron chi connectivity index (χ3n) is 2.18. The van der Waals surface area contributed by atoms with Crippen LogP contribution in [0.2, 0.25) is 0 Å². The van der Waals surface area contributed by atoms with Crippen LogP contribution in [0, 0.1) is 11.3 Å². The summed E-state index contributed by atoms with van der Waals surface area (Å²) in [6, 6.07) is 14.4. The Hall–Kier alpha value is -2.47. The predicted molar refractivity (Wildman–Crippen MR) is 59.8 cm³/mol. The Morgan fingerprint density at radius 3 is 2.75 bits per heavy atom. The minimum atomic E-state index is 0.389. The van der Waals surface area contributed by atoms with E-state index >= 15 is 0 Å². The lowest BCUT2D eigenvalue weighted by atomic mass is 10.1. The molecule has 0 amide bonds. The second kappa shape index (κ2) is 4.37. The summed E-state index contributed by atoms with van der Waals surface area (Å²) in [5.41, 5.74) is 2.50. The predicted octanol–water partition coefficient (Wildman–Crippen LogP) is 2.43. The molecule has 0 aliphatic rings. The maximum atomic E-state index is 10.6. The molecular weight excluding hydrogens is 200 g/mol. The number of benzene rings is 1. The van der Waals surface area contributed by atoms with Crippen molar-refractivity contribution >= 4 is 6.29 Å². The van der Waals surface area contributed by atoms with E-state index in [1.165, 1.54) is 0 Å². The van der Waals surface area contributed by atoms with E-state index in [1.807, 2.05) is 12.1 Å². The molecule has 2 aromatic rings. The van der Waals surface area contributed by atoms with Crippen molar-refractivity contribution in [2.75, 3.05) is 0 Å². The molecule has 0 spiro atoms. The fourth-order valence-electron chi connectivity index (χ4n) is 1.43. The number of aldehydes is 1. The molecule has 0 bridgehead atoms. The summed E-state index contributed by atoms with van der Waals surface area (Å²) in [4.78, 5) is 14.8. The second-order valence-corrected chi connectivity index (χ2v) is 3.26. The van der Waals surface area contributed by atoms with E-state index in [1.54, 1.807) is 30.3 Å². The molecule has 0 unspecified atom stereocenters. The number of aromatic nitrogens is 1. The molecule has 0 aliphatic heterocycles. The molecule has 1 heterocycles. The standard InChI is InChI=1S/C13H8N2O/c14-8-10-3-1-4-11(7-10)13-6-2-5-12(9-16)15-13/h1-7,9H. The summed E-state index contributed by atoms with van der Waals surface area (Å²) < 4.78 is 0. The Morgan fingerprint density at radius 1 is 1.19 bits per heavy atom. The van der Waals surface area contributed by atoms with Crippen LogP contribution in [-0.2, 0) is 0 Å². The van der Waals surface area contributed by atoms with Crippen LogP contribution in [0.1, 0.15) is 16.1 Å². The normalized spacial score (nSPS) is 9.44. The number of pyridine rings is 1. The molecule has 76 valence electrons. The van der Waals surface area contributed by atoms with E-state index in [0.717, 1.165) is 5.56 Å². The highest BCUT2D eigenvalue weighted by molar-refractivity contribution is 5.74. The molecular formula is C13H8N2O. The second-order valence-electron chi connectivity index (χ2n) is 3.26. The SMILES string of the molecule is N#Cc1cccc(-c2cccc(C=O)n2)c1. The number of carbonyl (C=O) groups is 1. The highest BCUT2D eigenvalue weighted by atomic mass is 16.1. The minimum absolute atomic E-state index is 0.389. The lowest BCUT2D eigenvalue weighted by molar-refractivity contribution is 0.111. The van der Waals surface area contributed by atoms with Crippen molar-refractivity contribution in [2.24, 2.45) is 0 Å². The van der Waals surface area contributed by atoms with Crippen LogP contribution >= 0.6 is 0 Å². The number of nitrogens with zero attached hydrogens (tertiary/aromatic N) is 2. The number of carbonyl (C=O) groups excluding carboxylic acids is 1. The van der Waals surface area contributed by atoms with Crippen molar-refractivity contribution in [3.05, 3.63) is 53.7 Å². The molecule has 0 fully saturated rings. The Morgan fingerprint density at radius 2 is 2.00 bits per heavy atom. The smallest absolute Gasteiger partial charge is 0.168 e. The number of rotatable bonds is 2. The summed E-state index contributed by atoms with van der Waals surface area (Å²) in [6.07, 6.45) is 0.706. The Kier molecular flexibility index (Phi) is 2.75. The third kappa shape index (κ3) is 1.96. The van der Waals surface area contributed by atoms with Crippen molar-refractivity contribution in [1.29, 1.82) is 5.26 Å². The minimum Gasteiger partial charge on any atom is -0.296 e. The first-order chi connectivity index (χ1) is 7.83. The molecule has 1 aromatic carbocycles. The molecule has 1 aromatic heterocycles. The van der Waals surface area contributed by atoms with Crippen molar-refractivity contribution in [1.82, 2.24) is 4.98 Å². The van der Waals surface area contributed by atoms with Crippen molar-refractivity contribution < 1.29 is 4.79 Å². The molecule has 0 saturated heterocycles. The van der Waals surface area contributed by atoms with Crippen LogP contribution < -0.4 is 0 Å². The first kappa shape index (κ1) is 10.1. The van der Waals surface area contributed by atoms with E-state index in [2.05, 4.69) is 11.1 Å². The van der Waals surface area contributed by atoms with Crippen LogP contribution in [0.4, 0.5) is 0 Å². The monoisotopic (exact) mass is 208 g/mol. The van der Waals surface area contributed by atoms with Crippen LogP contribution in [-0.4, -0.2) is 11.3 Å². The molecule has 0 atom stereocenters. The topological polar surface area (TPSA) is 53.8 Å². The zero-order valence-corrected chi connectivity index (χ0v) is 8.42. The van der Waals surface area contributed by atoms with E-state index in [4.69, 9.17) is 5.26 Å². The molecule has 0 aliphatic carbocycles. The summed E-state index contributed by atoms with van der Waals surface area (Å²) in [7, 11) is 0. The van der Waals surface area contributed by atoms with Crippen LogP contribution in [0.15, 0.2) is 42.5 Å². The zero-order valence-electron chi connectivity index (χ0n) is 8.42. The Labute approximate surface area is 93.0 Å². The van der Waals surface area contributed by atoms with E-state index in [0.29, 0.717) is 23.2 Å². The van der Waals surface area contributed by atoms with Crippen molar-refractivity contribution in [3.63, 3.8) is 0 Å². The highest BCUT2D eigenvalue weighted by Gasteiger charge is 2.01. The van der Waals surface area contributed by atoms with Gasteiger partial charge < -0.3 is 0 Å². The van der Waals surface area contributed by atoms with Gasteiger partial charge in [0.2, 0.25) is 0 Å². The largest absolute Gasteiger partial charge is 0.296 e. The first-order valence-electron chi connectivity index (χ1n) is 4.76. The summed E-state index contributed by atoms with van der Waals surface area (Å²) in [6.45, 7) is 0. The van der Waals surface area contributed by atoms with Crippen molar-refractivity contribution in [2.45, 2.75) is 0 Å². The maximum absolute atomic E-state index is 10.6. The van der Waals surface area contributed by atoms with Gasteiger partial charge in [0, 0.05) is 5.56 Å². The van der Waals surface area contributed by atoms with Gasteiger partial charge in [0.1, 0.15) is 5.69 Å². The van der Waals surface area contributed by atoms with Crippen LogP contribution in [0.3, 0.4) is 0 Å². The Balaban J connectivity index is 2.50. The summed E-state index contributed by atoms with van der Waals surface area (Å²) >= 11 is 0. The molecule has 0 saturated carbocycles. The van der Waals surface area contributed by atoms with Gasteiger partial charge in [0.25, 0.3) is 0 Å². The average molecular weight is 208 g/mol. The quantitative estimate of drug-likeness (QED) is 0.712. The van der Waals surface area contributed by atoms with Gasteiger partial charge in [-0.3, -0.25) is 4.79 Å². The van der Waals surface area contributed by atoms with Crippen LogP contribution in [0.25, 0.3) is 11.3 Å². The van der Waals surface area contributed by atoms with Gasteiger partial charge in [0.15, 0.2) is 6.29 Å². The number of nitriles is 1. The molecule has 16 heavy (non-hydrogen) atoms. The molecule has 0 N–H and O–H groups in total. The lowest BCUT2D eigenvalue weighted by Crippen LogP contribution is -1.89. The molecule has 2 rings (SSSR count). The van der Waals surface area contributed by atoms with Gasteiger partial charge >= 0.3 is 0 Å². The number of hydrogen-bond acceptors (Lipinski definition) is 3. The summed E-state index contributed by atoms with van der Waals surface area (Å²) in [5.74, 6) is 0. The first-order valence-corrected chi connectivity index (χ1v) is 4.76. The van der Waals surface area contributed by atoms with Crippen LogP contribution in [0.5, 0.6) is 0 Å². The van der Waals surface area contributed by atoms with Gasteiger partial charge in [-0.15, -0.1) is 0 Å². The lowest BCUT2D eigenvalue weighted by Gasteiger charge is -2.01. The van der Waals surface area contributed by atoms with Gasteiger partial charge in [-0.05, 0) is 24.3 Å². The van der Waals surface area contributed by atoms with Gasteiger partial charge in [-0.1, -0.05) is 18.2 Å². The van der Waals surface area contributed by atoms with E-state index in [-0.39, 0.29) is 0 Å².